The number of fused-ring (bicyclic) bond motifs is 1. The normalized spacial score (nSPS) is 19.0. The average Bonchev–Trinajstić information content (AvgIpc) is 2.91. The predicted octanol–water partition coefficient (Wildman–Crippen LogP) is 4.01. The lowest BCUT2D eigenvalue weighted by atomic mass is 9.86. The summed E-state index contributed by atoms with van der Waals surface area (Å²) in [7, 11) is 2.07. The van der Waals surface area contributed by atoms with Crippen molar-refractivity contribution in [1.82, 2.24) is 5.32 Å². The van der Waals surface area contributed by atoms with E-state index in [2.05, 4.69) is 48.1 Å². The number of hydrogen-bond donors (Lipinski definition) is 1. The van der Waals surface area contributed by atoms with Crippen LogP contribution in [0.15, 0.2) is 35.7 Å². The van der Waals surface area contributed by atoms with Crippen LogP contribution in [-0.2, 0) is 6.42 Å². The molecule has 3 rings (SSSR count). The molecule has 1 aliphatic carbocycles. The van der Waals surface area contributed by atoms with Gasteiger partial charge < -0.3 is 5.32 Å². The Morgan fingerprint density at radius 2 is 2.24 bits per heavy atom. The van der Waals surface area contributed by atoms with Crippen LogP contribution in [0, 0.1) is 0 Å². The van der Waals surface area contributed by atoms with Crippen LogP contribution in [0.1, 0.15) is 30.0 Å². The third-order valence-corrected chi connectivity index (χ3v) is 4.53. The molecule has 0 bridgehead atoms. The van der Waals surface area contributed by atoms with E-state index in [1.807, 2.05) is 11.3 Å². The van der Waals surface area contributed by atoms with Crippen LogP contribution < -0.4 is 5.32 Å². The molecule has 1 heterocycles. The number of nitrogens with one attached hydrogen (secondary N) is 1. The Labute approximate surface area is 106 Å². The van der Waals surface area contributed by atoms with Gasteiger partial charge in [-0.3, -0.25) is 0 Å². The van der Waals surface area contributed by atoms with Crippen molar-refractivity contribution < 1.29 is 0 Å². The first-order chi connectivity index (χ1) is 8.38. The van der Waals surface area contributed by atoms with E-state index in [9.17, 15) is 0 Å². The van der Waals surface area contributed by atoms with Gasteiger partial charge in [0, 0.05) is 10.9 Å². The van der Waals surface area contributed by atoms with Gasteiger partial charge in [-0.1, -0.05) is 18.2 Å². The van der Waals surface area contributed by atoms with Gasteiger partial charge in [0.05, 0.1) is 0 Å². The Bertz CT molecular complexity index is 502. The first kappa shape index (κ1) is 11.0. The van der Waals surface area contributed by atoms with Gasteiger partial charge in [-0.25, -0.2) is 0 Å². The van der Waals surface area contributed by atoms with E-state index in [0.29, 0.717) is 6.04 Å². The maximum Gasteiger partial charge on any atom is 0.0342 e. The summed E-state index contributed by atoms with van der Waals surface area (Å²) in [4.78, 5) is 1.37. The molecule has 1 aromatic carbocycles. The van der Waals surface area contributed by atoms with Gasteiger partial charge in [0.15, 0.2) is 0 Å². The second-order valence-corrected chi connectivity index (χ2v) is 5.57. The molecule has 0 saturated heterocycles. The number of rotatable bonds is 2. The van der Waals surface area contributed by atoms with Crippen molar-refractivity contribution in [3.05, 3.63) is 46.8 Å². The Morgan fingerprint density at radius 1 is 1.29 bits per heavy atom. The molecular weight excluding hydrogens is 226 g/mol. The molecule has 0 spiro atoms. The highest BCUT2D eigenvalue weighted by Crippen LogP contribution is 2.34. The summed E-state index contributed by atoms with van der Waals surface area (Å²) in [5, 5.41) is 5.58. The summed E-state index contributed by atoms with van der Waals surface area (Å²) in [6.07, 6.45) is 3.80. The lowest BCUT2D eigenvalue weighted by Gasteiger charge is -2.25. The highest BCUT2D eigenvalue weighted by atomic mass is 32.1. The molecule has 1 aromatic heterocycles. The molecule has 88 valence electrons. The van der Waals surface area contributed by atoms with E-state index in [-0.39, 0.29) is 0 Å². The molecule has 17 heavy (non-hydrogen) atoms. The predicted molar refractivity (Wildman–Crippen MR) is 74.5 cm³/mol. The molecule has 0 amide bonds. The van der Waals surface area contributed by atoms with Gasteiger partial charge in [-0.15, -0.1) is 11.3 Å². The second-order valence-electron chi connectivity index (χ2n) is 4.62. The van der Waals surface area contributed by atoms with Crippen molar-refractivity contribution >= 4 is 11.3 Å². The highest BCUT2D eigenvalue weighted by molar-refractivity contribution is 7.13. The zero-order chi connectivity index (χ0) is 11.7. The van der Waals surface area contributed by atoms with E-state index >= 15 is 0 Å². The first-order valence-corrected chi connectivity index (χ1v) is 7.10. The lowest BCUT2D eigenvalue weighted by molar-refractivity contribution is 0.497. The number of hydrogen-bond acceptors (Lipinski definition) is 2. The van der Waals surface area contributed by atoms with Gasteiger partial charge in [-0.05, 0) is 60.5 Å². The summed E-state index contributed by atoms with van der Waals surface area (Å²) in [5.41, 5.74) is 4.39. The molecule has 0 fully saturated rings. The van der Waals surface area contributed by atoms with Crippen LogP contribution in [0.4, 0.5) is 0 Å². The maximum absolute atomic E-state index is 3.44. The highest BCUT2D eigenvalue weighted by Gasteiger charge is 2.19. The molecule has 0 radical (unpaired) electrons. The van der Waals surface area contributed by atoms with E-state index in [4.69, 9.17) is 0 Å². The monoisotopic (exact) mass is 243 g/mol. The van der Waals surface area contributed by atoms with Crippen LogP contribution in [0.25, 0.3) is 10.4 Å². The van der Waals surface area contributed by atoms with Crippen molar-refractivity contribution in [3.63, 3.8) is 0 Å². The van der Waals surface area contributed by atoms with Crippen LogP contribution in [0.2, 0.25) is 0 Å². The van der Waals surface area contributed by atoms with Gasteiger partial charge >= 0.3 is 0 Å². The first-order valence-electron chi connectivity index (χ1n) is 6.22. The topological polar surface area (TPSA) is 12.0 Å². The largest absolute Gasteiger partial charge is 0.313 e. The van der Waals surface area contributed by atoms with Gasteiger partial charge in [0.25, 0.3) is 0 Å². The Hall–Kier alpha value is -1.12. The van der Waals surface area contributed by atoms with Crippen molar-refractivity contribution in [2.75, 3.05) is 7.05 Å². The number of aryl methyl sites for hydroxylation is 1. The third kappa shape index (κ3) is 2.03. The zero-order valence-corrected chi connectivity index (χ0v) is 10.9. The summed E-state index contributed by atoms with van der Waals surface area (Å²) in [6, 6.07) is 11.8. The summed E-state index contributed by atoms with van der Waals surface area (Å²) < 4.78 is 0. The second kappa shape index (κ2) is 4.63. The maximum atomic E-state index is 3.44. The van der Waals surface area contributed by atoms with Gasteiger partial charge in [0.2, 0.25) is 0 Å². The molecule has 0 aliphatic heterocycles. The lowest BCUT2D eigenvalue weighted by Crippen LogP contribution is -2.21. The molecule has 2 heteroatoms. The summed E-state index contributed by atoms with van der Waals surface area (Å²) >= 11 is 1.82. The Morgan fingerprint density at radius 3 is 3.00 bits per heavy atom. The summed E-state index contributed by atoms with van der Waals surface area (Å²) in [6.45, 7) is 0. The molecular formula is C15H17NS. The molecule has 0 saturated carbocycles. The molecule has 1 atom stereocenters. The molecule has 1 unspecified atom stereocenters. The van der Waals surface area contributed by atoms with Crippen molar-refractivity contribution in [3.8, 4) is 10.4 Å². The molecule has 1 nitrogen and oxygen atoms in total. The molecule has 2 aromatic rings. The van der Waals surface area contributed by atoms with Gasteiger partial charge in [-0.2, -0.15) is 0 Å². The van der Waals surface area contributed by atoms with Crippen molar-refractivity contribution in [2.45, 2.75) is 25.3 Å². The van der Waals surface area contributed by atoms with Crippen molar-refractivity contribution in [1.29, 1.82) is 0 Å². The number of benzene rings is 1. The third-order valence-electron chi connectivity index (χ3n) is 3.61. The smallest absolute Gasteiger partial charge is 0.0342 e. The fourth-order valence-corrected chi connectivity index (χ4v) is 3.42. The molecule has 1 N–H and O–H groups in total. The van der Waals surface area contributed by atoms with E-state index in [1.54, 1.807) is 0 Å². The van der Waals surface area contributed by atoms with Crippen LogP contribution in [0.3, 0.4) is 0 Å². The quantitative estimate of drug-likeness (QED) is 0.840. The standard InChI is InChI=1S/C15H17NS/c1-16-14-5-2-4-11-7-8-12(10-13(11)14)15-6-3-9-17-15/h3,6-10,14,16H,2,4-5H2,1H3. The minimum Gasteiger partial charge on any atom is -0.313 e. The number of thiophene rings is 1. The Kier molecular flexibility index (Phi) is 3.00. The van der Waals surface area contributed by atoms with E-state index in [1.165, 1.54) is 40.8 Å². The van der Waals surface area contributed by atoms with Crippen molar-refractivity contribution in [2.24, 2.45) is 0 Å². The zero-order valence-electron chi connectivity index (χ0n) is 10.1. The van der Waals surface area contributed by atoms with Crippen LogP contribution in [0.5, 0.6) is 0 Å². The minimum absolute atomic E-state index is 0.540. The minimum atomic E-state index is 0.540. The van der Waals surface area contributed by atoms with Gasteiger partial charge in [0.1, 0.15) is 0 Å². The molecule has 1 aliphatic rings. The van der Waals surface area contributed by atoms with E-state index < -0.39 is 0 Å². The van der Waals surface area contributed by atoms with Crippen LogP contribution in [-0.4, -0.2) is 7.05 Å². The fraction of sp³-hybridized carbons (Fsp3) is 0.333. The average molecular weight is 243 g/mol. The fourth-order valence-electron chi connectivity index (χ4n) is 2.70. The Balaban J connectivity index is 2.05. The SMILES string of the molecule is CNC1CCCc2ccc(-c3cccs3)cc21. The van der Waals surface area contributed by atoms with Crippen LogP contribution >= 0.6 is 11.3 Å². The van der Waals surface area contributed by atoms with E-state index in [0.717, 1.165) is 0 Å². The summed E-state index contributed by atoms with van der Waals surface area (Å²) in [5.74, 6) is 0.